The van der Waals surface area contributed by atoms with Crippen molar-refractivity contribution in [3.8, 4) is 0 Å². The zero-order chi connectivity index (χ0) is 42.9. The van der Waals surface area contributed by atoms with Gasteiger partial charge in [-0.25, -0.2) is 39.5 Å². The first-order valence-corrected chi connectivity index (χ1v) is 21.3. The maximum Gasteiger partial charge on any atom is 0.519 e. The molecule has 0 unspecified atom stereocenters. The zero-order valence-electron chi connectivity index (χ0n) is 34.7. The van der Waals surface area contributed by atoms with Crippen molar-refractivity contribution >= 4 is 48.4 Å². The second-order valence-electron chi connectivity index (χ2n) is 14.7. The van der Waals surface area contributed by atoms with Gasteiger partial charge in [0.05, 0.1) is 32.2 Å². The number of ether oxygens (including phenoxy) is 5. The monoisotopic (exact) mass is 839 g/mol. The SMILES string of the molecule is CCCCCCOC(=O)C(C)(C)NP(=O)(CO[C@H](C)Cn1cnc2c(NC(=O)OCCOC(=O)c3oc(=O)oc3C)ncnc21)NC(C)(C)C(=O)OCCCCCC. The lowest BCUT2D eigenvalue weighted by molar-refractivity contribution is -0.149. The van der Waals surface area contributed by atoms with Crippen LogP contribution in [-0.2, 0) is 44.4 Å². The highest BCUT2D eigenvalue weighted by Gasteiger charge is 2.43. The lowest BCUT2D eigenvalue weighted by Crippen LogP contribution is -2.54. The van der Waals surface area contributed by atoms with E-state index in [4.69, 9.17) is 23.7 Å². The Morgan fingerprint density at radius 3 is 1.95 bits per heavy atom. The van der Waals surface area contributed by atoms with E-state index in [-0.39, 0.29) is 55.8 Å². The van der Waals surface area contributed by atoms with Gasteiger partial charge in [0.2, 0.25) is 7.44 Å². The van der Waals surface area contributed by atoms with Gasteiger partial charge in [0.25, 0.3) is 5.76 Å². The fraction of sp³-hybridized carbons (Fsp3) is 0.676. The normalized spacial score (nSPS) is 12.6. The Kier molecular flexibility index (Phi) is 18.5. The summed E-state index contributed by atoms with van der Waals surface area (Å²) in [5.41, 5.74) is -2.30. The Morgan fingerprint density at radius 1 is 0.810 bits per heavy atom. The van der Waals surface area contributed by atoms with Crippen LogP contribution in [0.15, 0.2) is 26.3 Å². The van der Waals surface area contributed by atoms with Crippen LogP contribution in [0.3, 0.4) is 0 Å². The smallest absolute Gasteiger partial charge is 0.464 e. The third-order valence-corrected chi connectivity index (χ3v) is 10.8. The molecular formula is C37H58N7O13P. The van der Waals surface area contributed by atoms with Crippen molar-refractivity contribution in [3.05, 3.63) is 34.8 Å². The molecular weight excluding hydrogens is 781 g/mol. The highest BCUT2D eigenvalue weighted by molar-refractivity contribution is 7.59. The van der Waals surface area contributed by atoms with Gasteiger partial charge < -0.3 is 37.1 Å². The molecule has 0 saturated heterocycles. The van der Waals surface area contributed by atoms with E-state index in [1.54, 1.807) is 39.2 Å². The van der Waals surface area contributed by atoms with Crippen LogP contribution in [-0.4, -0.2) is 93.5 Å². The Bertz CT molecular complexity index is 1880. The summed E-state index contributed by atoms with van der Waals surface area (Å²) >= 11 is 0. The lowest BCUT2D eigenvalue weighted by atomic mass is 10.1. The predicted octanol–water partition coefficient (Wildman–Crippen LogP) is 5.63. The van der Waals surface area contributed by atoms with Crippen LogP contribution in [0.2, 0.25) is 0 Å². The molecule has 3 rings (SSSR count). The van der Waals surface area contributed by atoms with Crippen LogP contribution in [0.5, 0.6) is 0 Å². The van der Waals surface area contributed by atoms with Crippen molar-refractivity contribution in [2.75, 3.05) is 38.1 Å². The zero-order valence-corrected chi connectivity index (χ0v) is 35.6. The molecule has 0 fully saturated rings. The molecule has 0 radical (unpaired) electrons. The minimum absolute atomic E-state index is 0.0342. The number of aryl methyl sites for hydroxylation is 1. The summed E-state index contributed by atoms with van der Waals surface area (Å²) in [5, 5.41) is 8.31. The first kappa shape index (κ1) is 47.7. The van der Waals surface area contributed by atoms with E-state index in [1.807, 2.05) is 0 Å². The first-order chi connectivity index (χ1) is 27.4. The topological polar surface area (TPSA) is 255 Å². The van der Waals surface area contributed by atoms with Crippen molar-refractivity contribution in [2.45, 2.75) is 130 Å². The fourth-order valence-electron chi connectivity index (χ4n) is 5.50. The number of aromatic nitrogens is 4. The molecule has 1 atom stereocenters. The van der Waals surface area contributed by atoms with Gasteiger partial charge in [0, 0.05) is 0 Å². The molecule has 0 aliphatic rings. The number of rotatable bonds is 26. The second-order valence-corrected chi connectivity index (χ2v) is 16.9. The summed E-state index contributed by atoms with van der Waals surface area (Å²) < 4.78 is 52.7. The van der Waals surface area contributed by atoms with Crippen LogP contribution in [0, 0.1) is 6.92 Å². The van der Waals surface area contributed by atoms with Gasteiger partial charge in [0.1, 0.15) is 37.0 Å². The summed E-state index contributed by atoms with van der Waals surface area (Å²) in [7, 11) is -3.90. The molecule has 21 heteroatoms. The third-order valence-electron chi connectivity index (χ3n) is 8.50. The van der Waals surface area contributed by atoms with Gasteiger partial charge in [-0.3, -0.25) is 19.5 Å². The van der Waals surface area contributed by atoms with E-state index in [1.165, 1.54) is 19.6 Å². The first-order valence-electron chi connectivity index (χ1n) is 19.4. The average Bonchev–Trinajstić information content (AvgIpc) is 3.73. The molecule has 3 N–H and O–H groups in total. The molecule has 0 aliphatic heterocycles. The van der Waals surface area contributed by atoms with Gasteiger partial charge >= 0.3 is 29.8 Å². The van der Waals surface area contributed by atoms with Crippen molar-refractivity contribution in [2.24, 2.45) is 0 Å². The number of carbonyl (C=O) groups is 4. The van der Waals surface area contributed by atoms with Gasteiger partial charge in [0.15, 0.2) is 22.7 Å². The summed E-state index contributed by atoms with van der Waals surface area (Å²) in [6.07, 6.45) is 8.05. The number of anilines is 1. The molecule has 0 aliphatic carbocycles. The van der Waals surface area contributed by atoms with Crippen LogP contribution in [0.4, 0.5) is 10.6 Å². The number of carbonyl (C=O) groups excluding carboxylic acids is 4. The Balaban J connectivity index is 1.65. The molecule has 3 aromatic rings. The van der Waals surface area contributed by atoms with Crippen LogP contribution < -0.4 is 21.3 Å². The summed E-state index contributed by atoms with van der Waals surface area (Å²) in [6, 6.07) is 0. The van der Waals surface area contributed by atoms with Gasteiger partial charge in [-0.2, -0.15) is 0 Å². The highest BCUT2D eigenvalue weighted by atomic mass is 31.2. The fourth-order valence-corrected chi connectivity index (χ4v) is 8.14. The highest BCUT2D eigenvalue weighted by Crippen LogP contribution is 2.42. The predicted molar refractivity (Wildman–Crippen MR) is 210 cm³/mol. The van der Waals surface area contributed by atoms with Crippen molar-refractivity contribution < 1.29 is 56.3 Å². The van der Waals surface area contributed by atoms with Crippen LogP contribution >= 0.6 is 7.44 Å². The van der Waals surface area contributed by atoms with E-state index in [0.29, 0.717) is 18.5 Å². The summed E-state index contributed by atoms with van der Waals surface area (Å²) in [6.45, 7) is 13.4. The molecule has 1 amide bonds. The minimum Gasteiger partial charge on any atom is -0.464 e. The molecule has 0 bridgehead atoms. The molecule has 58 heavy (non-hydrogen) atoms. The van der Waals surface area contributed by atoms with E-state index in [0.717, 1.165) is 38.5 Å². The molecule has 0 aromatic carbocycles. The summed E-state index contributed by atoms with van der Waals surface area (Å²) in [4.78, 5) is 74.7. The number of nitrogens with zero attached hydrogens (tertiary/aromatic N) is 4. The van der Waals surface area contributed by atoms with Crippen molar-refractivity contribution in [1.82, 2.24) is 29.7 Å². The van der Waals surface area contributed by atoms with E-state index in [2.05, 4.69) is 53.1 Å². The molecule has 324 valence electrons. The Labute approximate surface area is 337 Å². The molecule has 0 spiro atoms. The van der Waals surface area contributed by atoms with Gasteiger partial charge in [-0.1, -0.05) is 52.4 Å². The van der Waals surface area contributed by atoms with Crippen molar-refractivity contribution in [1.29, 1.82) is 0 Å². The minimum atomic E-state index is -3.90. The van der Waals surface area contributed by atoms with Crippen LogP contribution in [0.1, 0.15) is 116 Å². The maximum atomic E-state index is 14.7. The van der Waals surface area contributed by atoms with Crippen molar-refractivity contribution in [3.63, 3.8) is 0 Å². The van der Waals surface area contributed by atoms with Gasteiger partial charge in [-0.15, -0.1) is 0 Å². The second kappa shape index (κ2) is 22.5. The number of nitrogens with one attached hydrogen (secondary N) is 3. The summed E-state index contributed by atoms with van der Waals surface area (Å²) in [5.74, 6) is -3.62. The molecule has 3 aromatic heterocycles. The lowest BCUT2D eigenvalue weighted by Gasteiger charge is -2.35. The molecule has 3 heterocycles. The average molecular weight is 840 g/mol. The van der Waals surface area contributed by atoms with E-state index in [9.17, 15) is 28.5 Å². The van der Waals surface area contributed by atoms with E-state index < -0.39 is 60.8 Å². The number of esters is 3. The number of hydrogen-bond acceptors (Lipinski definition) is 16. The standard InChI is InChI=1S/C37H58N7O13P/c1-9-11-13-15-17-52-32(46)36(5,6)42-58(50,43-37(7,8)33(47)53-18-16-14-12-10-2)24-55-25(3)21-44-23-40-27-29(38-22-39-30(27)44)41-34(48)54-20-19-51-31(45)28-26(4)56-35(49)57-28/h22-23,25H,9-21,24H2,1-8H3,(H2,42,43,50)(H,38,39,41,48)/t25-/m1/s1. The number of imidazole rings is 1. The molecule has 0 saturated carbocycles. The molecule has 20 nitrogen and oxygen atoms in total. The largest absolute Gasteiger partial charge is 0.519 e. The Morgan fingerprint density at radius 2 is 1.40 bits per heavy atom. The quantitative estimate of drug-likeness (QED) is 0.0383. The van der Waals surface area contributed by atoms with Gasteiger partial charge in [-0.05, 0) is 54.4 Å². The number of amides is 1. The van der Waals surface area contributed by atoms with E-state index >= 15 is 0 Å². The number of fused-ring (bicyclic) bond motifs is 1. The Hall–Kier alpha value is -4.65. The van der Waals surface area contributed by atoms with Crippen LogP contribution in [0.25, 0.3) is 11.2 Å². The maximum absolute atomic E-state index is 14.7. The number of hydrogen-bond donors (Lipinski definition) is 3. The third kappa shape index (κ3) is 14.9. The number of unbranched alkanes of at least 4 members (excludes halogenated alkanes) is 6.